The lowest BCUT2D eigenvalue weighted by molar-refractivity contribution is -0.382. The Kier molecular flexibility index (Phi) is 5.54. The summed E-state index contributed by atoms with van der Waals surface area (Å²) in [6.07, 6.45) is 0. The Morgan fingerprint density at radius 2 is 1.86 bits per heavy atom. The topological polar surface area (TPSA) is 121 Å². The fraction of sp³-hybridized carbons (Fsp3) is 0.368. The molecule has 1 fully saturated rings. The number of anilines is 2. The van der Waals surface area contributed by atoms with Crippen molar-refractivity contribution in [1.82, 2.24) is 15.2 Å². The number of aromatic nitrogens is 2. The zero-order chi connectivity index (χ0) is 20.2. The molecule has 0 saturated carbocycles. The van der Waals surface area contributed by atoms with E-state index in [1.165, 1.54) is 0 Å². The normalized spacial score (nSPS) is 15.0. The van der Waals surface area contributed by atoms with Crippen molar-refractivity contribution in [3.63, 3.8) is 0 Å². The molecule has 29 heavy (non-hydrogen) atoms. The van der Waals surface area contributed by atoms with Gasteiger partial charge in [0.25, 0.3) is 0 Å². The molecule has 1 aromatic heterocycles. The molecule has 2 heterocycles. The summed E-state index contributed by atoms with van der Waals surface area (Å²) in [4.78, 5) is 15.6. The number of benzene rings is 2. The summed E-state index contributed by atoms with van der Waals surface area (Å²) in [7, 11) is 0. The van der Waals surface area contributed by atoms with Crippen LogP contribution in [-0.4, -0.2) is 64.6 Å². The van der Waals surface area contributed by atoms with Crippen LogP contribution in [0.4, 0.5) is 17.1 Å². The van der Waals surface area contributed by atoms with E-state index in [1.54, 1.807) is 6.07 Å². The number of piperazine rings is 1. The van der Waals surface area contributed by atoms with E-state index in [-0.39, 0.29) is 17.8 Å². The highest BCUT2D eigenvalue weighted by Crippen LogP contribution is 2.38. The first-order chi connectivity index (χ1) is 14.2. The molecular formula is C19H22N6O4. The van der Waals surface area contributed by atoms with Crippen molar-refractivity contribution in [3.05, 3.63) is 52.1 Å². The van der Waals surface area contributed by atoms with Gasteiger partial charge in [-0.1, -0.05) is 30.3 Å². The summed E-state index contributed by atoms with van der Waals surface area (Å²) in [5.74, 6) is 0. The Bertz CT molecular complexity index is 985. The molecule has 0 radical (unpaired) electrons. The molecule has 0 aliphatic carbocycles. The minimum Gasteiger partial charge on any atom is -0.395 e. The molecule has 1 aliphatic rings. The molecule has 0 spiro atoms. The van der Waals surface area contributed by atoms with Gasteiger partial charge < -0.3 is 15.3 Å². The zero-order valence-electron chi connectivity index (χ0n) is 15.8. The number of nitro benzene ring substituents is 1. The molecule has 1 aliphatic heterocycles. The van der Waals surface area contributed by atoms with Crippen LogP contribution >= 0.6 is 0 Å². The molecule has 152 valence electrons. The van der Waals surface area contributed by atoms with Crippen molar-refractivity contribution >= 4 is 28.1 Å². The second-order valence-corrected chi connectivity index (χ2v) is 6.90. The van der Waals surface area contributed by atoms with Gasteiger partial charge in [0.2, 0.25) is 5.52 Å². The molecule has 0 atom stereocenters. The van der Waals surface area contributed by atoms with Gasteiger partial charge in [0.05, 0.1) is 17.2 Å². The predicted octanol–water partition coefficient (Wildman–Crippen LogP) is 1.86. The van der Waals surface area contributed by atoms with Gasteiger partial charge in [-0.05, 0) is 21.9 Å². The van der Waals surface area contributed by atoms with Gasteiger partial charge in [-0.25, -0.2) is 4.63 Å². The van der Waals surface area contributed by atoms with E-state index in [0.29, 0.717) is 24.3 Å². The van der Waals surface area contributed by atoms with Crippen LogP contribution in [0.3, 0.4) is 0 Å². The Hall–Kier alpha value is -3.24. The fourth-order valence-electron chi connectivity index (χ4n) is 3.62. The van der Waals surface area contributed by atoms with Crippen molar-refractivity contribution in [1.29, 1.82) is 0 Å². The number of aliphatic hydroxyl groups excluding tert-OH is 1. The molecular weight excluding hydrogens is 376 g/mol. The second-order valence-electron chi connectivity index (χ2n) is 6.90. The van der Waals surface area contributed by atoms with E-state index in [0.717, 1.165) is 37.4 Å². The maximum atomic E-state index is 11.8. The Balaban J connectivity index is 1.67. The quantitative estimate of drug-likeness (QED) is 0.454. The van der Waals surface area contributed by atoms with Crippen molar-refractivity contribution in [3.8, 4) is 0 Å². The van der Waals surface area contributed by atoms with E-state index >= 15 is 0 Å². The molecule has 10 heteroatoms. The summed E-state index contributed by atoms with van der Waals surface area (Å²) in [6.45, 7) is 4.23. The number of nitro groups is 1. The average molecular weight is 398 g/mol. The zero-order valence-corrected chi connectivity index (χ0v) is 15.8. The average Bonchev–Trinajstić information content (AvgIpc) is 3.22. The van der Waals surface area contributed by atoms with Crippen LogP contribution in [0.1, 0.15) is 5.56 Å². The summed E-state index contributed by atoms with van der Waals surface area (Å²) in [6, 6.07) is 11.4. The first-order valence-corrected chi connectivity index (χ1v) is 9.47. The van der Waals surface area contributed by atoms with E-state index in [9.17, 15) is 10.1 Å². The number of nitrogens with one attached hydrogen (secondary N) is 1. The van der Waals surface area contributed by atoms with E-state index in [4.69, 9.17) is 9.74 Å². The van der Waals surface area contributed by atoms with E-state index in [1.807, 2.05) is 30.3 Å². The van der Waals surface area contributed by atoms with Gasteiger partial charge in [-0.3, -0.25) is 15.0 Å². The molecule has 0 unspecified atom stereocenters. The van der Waals surface area contributed by atoms with E-state index < -0.39 is 4.92 Å². The molecule has 10 nitrogen and oxygen atoms in total. The highest BCUT2D eigenvalue weighted by Gasteiger charge is 2.29. The van der Waals surface area contributed by atoms with Gasteiger partial charge in [0.15, 0.2) is 5.52 Å². The lowest BCUT2D eigenvalue weighted by atomic mass is 10.1. The third-order valence-corrected chi connectivity index (χ3v) is 5.13. The summed E-state index contributed by atoms with van der Waals surface area (Å²) >= 11 is 0. The first kappa shape index (κ1) is 19.1. The van der Waals surface area contributed by atoms with Crippen molar-refractivity contribution in [2.24, 2.45) is 0 Å². The minimum absolute atomic E-state index is 0.128. The highest BCUT2D eigenvalue weighted by molar-refractivity contribution is 5.99. The maximum Gasteiger partial charge on any atom is 0.323 e. The molecule has 3 aromatic rings. The predicted molar refractivity (Wildman–Crippen MR) is 108 cm³/mol. The molecule has 0 bridgehead atoms. The largest absolute Gasteiger partial charge is 0.395 e. The number of fused-ring (bicyclic) bond motifs is 1. The van der Waals surface area contributed by atoms with Crippen LogP contribution in [0, 0.1) is 10.1 Å². The standard InChI is InChI=1S/C19H22N6O4/c26-11-10-23-6-8-24(9-7-23)16-12-15(20-13-14-4-2-1-3-5-14)19(25(27)28)18-17(16)21-29-22-18/h1-5,12,20,26H,6-11,13H2. The second kappa shape index (κ2) is 8.41. The molecule has 4 rings (SSSR count). The summed E-state index contributed by atoms with van der Waals surface area (Å²) < 4.78 is 4.86. The molecule has 1 saturated heterocycles. The van der Waals surface area contributed by atoms with Crippen molar-refractivity contribution in [2.75, 3.05) is 49.5 Å². The SMILES string of the molecule is O=[N+]([O-])c1c(NCc2ccccc2)cc(N2CCN(CCO)CC2)c2nonc12. The van der Waals surface area contributed by atoms with Crippen molar-refractivity contribution < 1.29 is 14.7 Å². The highest BCUT2D eigenvalue weighted by atomic mass is 16.6. The molecule has 2 N–H and O–H groups in total. The van der Waals surface area contributed by atoms with Gasteiger partial charge in [0, 0.05) is 39.3 Å². The monoisotopic (exact) mass is 398 g/mol. The Morgan fingerprint density at radius 1 is 1.14 bits per heavy atom. The summed E-state index contributed by atoms with van der Waals surface area (Å²) in [5.41, 5.74) is 2.54. The number of hydrogen-bond donors (Lipinski definition) is 2. The van der Waals surface area contributed by atoms with Crippen LogP contribution in [0.25, 0.3) is 11.0 Å². The van der Waals surface area contributed by atoms with Crippen LogP contribution in [0.2, 0.25) is 0 Å². The minimum atomic E-state index is -0.456. The fourth-order valence-corrected chi connectivity index (χ4v) is 3.62. The Morgan fingerprint density at radius 3 is 2.55 bits per heavy atom. The third kappa shape index (κ3) is 3.98. The number of β-amino-alcohol motifs (C(OH)–C–C–N with tert-alkyl or cyclic N) is 1. The van der Waals surface area contributed by atoms with Gasteiger partial charge in [0.1, 0.15) is 5.69 Å². The lowest BCUT2D eigenvalue weighted by Gasteiger charge is -2.35. The maximum absolute atomic E-state index is 11.8. The molecule has 2 aromatic carbocycles. The number of nitrogens with zero attached hydrogens (tertiary/aromatic N) is 5. The summed E-state index contributed by atoms with van der Waals surface area (Å²) in [5, 5.41) is 31.8. The van der Waals surface area contributed by atoms with E-state index in [2.05, 4.69) is 25.4 Å². The lowest BCUT2D eigenvalue weighted by Crippen LogP contribution is -2.47. The van der Waals surface area contributed by atoms with Crippen LogP contribution in [-0.2, 0) is 6.54 Å². The van der Waals surface area contributed by atoms with Gasteiger partial charge in [-0.15, -0.1) is 0 Å². The van der Waals surface area contributed by atoms with Crippen LogP contribution in [0.5, 0.6) is 0 Å². The van der Waals surface area contributed by atoms with Gasteiger partial charge in [-0.2, -0.15) is 0 Å². The van der Waals surface area contributed by atoms with Crippen molar-refractivity contribution in [2.45, 2.75) is 6.54 Å². The first-order valence-electron chi connectivity index (χ1n) is 9.47. The van der Waals surface area contributed by atoms with Crippen LogP contribution < -0.4 is 10.2 Å². The smallest absolute Gasteiger partial charge is 0.323 e. The third-order valence-electron chi connectivity index (χ3n) is 5.13. The van der Waals surface area contributed by atoms with Crippen LogP contribution in [0.15, 0.2) is 41.0 Å². The number of rotatable bonds is 7. The Labute approximate surface area is 166 Å². The van der Waals surface area contributed by atoms with Gasteiger partial charge >= 0.3 is 5.69 Å². The number of aliphatic hydroxyl groups is 1. The number of hydrogen-bond acceptors (Lipinski definition) is 9. The molecule has 0 amide bonds.